The van der Waals surface area contributed by atoms with Crippen molar-refractivity contribution in [2.75, 3.05) is 11.9 Å². The lowest BCUT2D eigenvalue weighted by Gasteiger charge is -2.19. The standard InChI is InChI=1S/C14H15ClFN/c15-13-4-3-12(16)7-14(13)17-8-11-6-9-1-2-10(11)5-9/h1-4,7,9-11,17H,5-6,8H2. The van der Waals surface area contributed by atoms with Crippen molar-refractivity contribution in [3.8, 4) is 0 Å². The zero-order chi connectivity index (χ0) is 11.8. The molecule has 1 aromatic carbocycles. The maximum Gasteiger partial charge on any atom is 0.125 e. The topological polar surface area (TPSA) is 12.0 Å². The third-order valence-corrected chi connectivity index (χ3v) is 4.23. The van der Waals surface area contributed by atoms with Crippen molar-refractivity contribution < 1.29 is 4.39 Å². The Bertz CT molecular complexity index is 458. The largest absolute Gasteiger partial charge is 0.383 e. The third-order valence-electron chi connectivity index (χ3n) is 3.90. The number of anilines is 1. The highest BCUT2D eigenvalue weighted by molar-refractivity contribution is 6.33. The van der Waals surface area contributed by atoms with Crippen molar-refractivity contribution >= 4 is 17.3 Å². The van der Waals surface area contributed by atoms with Gasteiger partial charge in [0.1, 0.15) is 5.82 Å². The molecule has 2 aliphatic carbocycles. The SMILES string of the molecule is Fc1ccc(Cl)c(NCC2CC3C=CC2C3)c1. The van der Waals surface area contributed by atoms with Crippen LogP contribution in [0.25, 0.3) is 0 Å². The Kier molecular flexibility index (Phi) is 2.83. The van der Waals surface area contributed by atoms with Crippen molar-refractivity contribution in [1.29, 1.82) is 0 Å². The van der Waals surface area contributed by atoms with Crippen molar-refractivity contribution in [2.24, 2.45) is 17.8 Å². The van der Waals surface area contributed by atoms with E-state index in [9.17, 15) is 4.39 Å². The molecule has 1 saturated carbocycles. The average Bonchev–Trinajstić information content (AvgIpc) is 2.92. The van der Waals surface area contributed by atoms with Crippen LogP contribution in [0.4, 0.5) is 10.1 Å². The van der Waals surface area contributed by atoms with E-state index in [1.165, 1.54) is 25.0 Å². The number of nitrogens with one attached hydrogen (secondary N) is 1. The summed E-state index contributed by atoms with van der Waals surface area (Å²) in [6.45, 7) is 0.884. The number of hydrogen-bond donors (Lipinski definition) is 1. The Morgan fingerprint density at radius 2 is 2.18 bits per heavy atom. The number of fused-ring (bicyclic) bond motifs is 2. The first-order valence-corrected chi connectivity index (χ1v) is 6.47. The zero-order valence-corrected chi connectivity index (χ0v) is 10.3. The quantitative estimate of drug-likeness (QED) is 0.798. The fourth-order valence-corrected chi connectivity index (χ4v) is 3.19. The molecule has 3 unspecified atom stereocenters. The molecule has 0 aromatic heterocycles. The van der Waals surface area contributed by atoms with E-state index in [2.05, 4.69) is 17.5 Å². The summed E-state index contributed by atoms with van der Waals surface area (Å²) < 4.78 is 13.1. The molecular weight excluding hydrogens is 237 g/mol. The minimum atomic E-state index is -0.246. The molecule has 3 heteroatoms. The van der Waals surface area contributed by atoms with E-state index in [-0.39, 0.29) is 5.82 Å². The van der Waals surface area contributed by atoms with Crippen LogP contribution in [0.3, 0.4) is 0 Å². The van der Waals surface area contributed by atoms with Gasteiger partial charge in [0.15, 0.2) is 0 Å². The van der Waals surface area contributed by atoms with Crippen LogP contribution in [0.15, 0.2) is 30.4 Å². The second kappa shape index (κ2) is 4.34. The molecule has 2 bridgehead atoms. The lowest BCUT2D eigenvalue weighted by atomic mass is 9.93. The summed E-state index contributed by atoms with van der Waals surface area (Å²) in [5, 5.41) is 3.86. The van der Waals surface area contributed by atoms with E-state index in [0.717, 1.165) is 12.5 Å². The fourth-order valence-electron chi connectivity index (χ4n) is 3.00. The monoisotopic (exact) mass is 251 g/mol. The lowest BCUT2D eigenvalue weighted by molar-refractivity contribution is 0.472. The van der Waals surface area contributed by atoms with Crippen molar-refractivity contribution in [3.63, 3.8) is 0 Å². The van der Waals surface area contributed by atoms with E-state index in [1.54, 1.807) is 6.07 Å². The molecule has 0 saturated heterocycles. The highest BCUT2D eigenvalue weighted by atomic mass is 35.5. The van der Waals surface area contributed by atoms with Gasteiger partial charge in [-0.3, -0.25) is 0 Å². The molecule has 90 valence electrons. The van der Waals surface area contributed by atoms with Crippen molar-refractivity contribution in [1.82, 2.24) is 0 Å². The molecule has 3 atom stereocenters. The minimum Gasteiger partial charge on any atom is -0.383 e. The molecule has 0 amide bonds. The number of benzene rings is 1. The summed E-state index contributed by atoms with van der Waals surface area (Å²) in [6.07, 6.45) is 7.20. The Morgan fingerprint density at radius 3 is 2.88 bits per heavy atom. The van der Waals surface area contributed by atoms with Crippen molar-refractivity contribution in [3.05, 3.63) is 41.2 Å². The van der Waals surface area contributed by atoms with E-state index in [4.69, 9.17) is 11.6 Å². The molecule has 0 aliphatic heterocycles. The molecule has 0 heterocycles. The molecule has 1 nitrogen and oxygen atoms in total. The predicted molar refractivity (Wildman–Crippen MR) is 68.7 cm³/mol. The lowest BCUT2D eigenvalue weighted by Crippen LogP contribution is -2.18. The van der Waals surface area contributed by atoms with Gasteiger partial charge in [-0.25, -0.2) is 4.39 Å². The molecule has 1 fully saturated rings. The van der Waals surface area contributed by atoms with Crippen LogP contribution in [-0.4, -0.2) is 6.54 Å². The zero-order valence-electron chi connectivity index (χ0n) is 9.50. The van der Waals surface area contributed by atoms with E-state index in [0.29, 0.717) is 22.5 Å². The summed E-state index contributed by atoms with van der Waals surface area (Å²) >= 11 is 6.02. The second-order valence-electron chi connectivity index (χ2n) is 5.05. The van der Waals surface area contributed by atoms with Crippen LogP contribution in [0, 0.1) is 23.6 Å². The normalized spacial score (nSPS) is 29.9. The first-order chi connectivity index (χ1) is 8.22. The van der Waals surface area contributed by atoms with Crippen LogP contribution in [0.1, 0.15) is 12.8 Å². The van der Waals surface area contributed by atoms with Gasteiger partial charge >= 0.3 is 0 Å². The van der Waals surface area contributed by atoms with E-state index in [1.807, 2.05) is 0 Å². The van der Waals surface area contributed by atoms with Gasteiger partial charge in [-0.05, 0) is 48.8 Å². The van der Waals surface area contributed by atoms with Crippen LogP contribution < -0.4 is 5.32 Å². The Morgan fingerprint density at radius 1 is 1.29 bits per heavy atom. The number of hydrogen-bond acceptors (Lipinski definition) is 1. The molecule has 17 heavy (non-hydrogen) atoms. The number of allylic oxidation sites excluding steroid dienone is 2. The Labute approximate surface area is 106 Å². The molecule has 1 aromatic rings. The van der Waals surface area contributed by atoms with Crippen LogP contribution in [-0.2, 0) is 0 Å². The first-order valence-electron chi connectivity index (χ1n) is 6.09. The first kappa shape index (κ1) is 11.1. The average molecular weight is 252 g/mol. The molecule has 0 spiro atoms. The van der Waals surface area contributed by atoms with Crippen molar-refractivity contribution in [2.45, 2.75) is 12.8 Å². The van der Waals surface area contributed by atoms with E-state index < -0.39 is 0 Å². The van der Waals surface area contributed by atoms with Gasteiger partial charge in [0, 0.05) is 6.54 Å². The molecule has 3 rings (SSSR count). The summed E-state index contributed by atoms with van der Waals surface area (Å²) in [7, 11) is 0. The number of halogens is 2. The summed E-state index contributed by atoms with van der Waals surface area (Å²) in [5.74, 6) is 1.91. The second-order valence-corrected chi connectivity index (χ2v) is 5.45. The molecule has 2 aliphatic rings. The van der Waals surface area contributed by atoms with Gasteiger partial charge in [-0.15, -0.1) is 0 Å². The summed E-state index contributed by atoms with van der Waals surface area (Å²) in [5.41, 5.74) is 0.707. The smallest absolute Gasteiger partial charge is 0.125 e. The van der Waals surface area contributed by atoms with Gasteiger partial charge in [0.25, 0.3) is 0 Å². The Hall–Kier alpha value is -1.02. The van der Waals surface area contributed by atoms with Gasteiger partial charge in [-0.2, -0.15) is 0 Å². The maximum atomic E-state index is 13.1. The molecule has 0 radical (unpaired) electrons. The third kappa shape index (κ3) is 2.19. The summed E-state index contributed by atoms with van der Waals surface area (Å²) in [4.78, 5) is 0. The van der Waals surface area contributed by atoms with Crippen LogP contribution in [0.5, 0.6) is 0 Å². The van der Waals surface area contributed by atoms with E-state index >= 15 is 0 Å². The van der Waals surface area contributed by atoms with Crippen LogP contribution in [0.2, 0.25) is 5.02 Å². The fraction of sp³-hybridized carbons (Fsp3) is 0.429. The predicted octanol–water partition coefficient (Wildman–Crippen LogP) is 4.10. The molecule has 1 N–H and O–H groups in total. The minimum absolute atomic E-state index is 0.246. The Balaban J connectivity index is 1.64. The molecular formula is C14H15ClFN. The number of rotatable bonds is 3. The van der Waals surface area contributed by atoms with Gasteiger partial charge < -0.3 is 5.32 Å². The van der Waals surface area contributed by atoms with Gasteiger partial charge in [-0.1, -0.05) is 23.8 Å². The highest BCUT2D eigenvalue weighted by Crippen LogP contribution is 2.43. The van der Waals surface area contributed by atoms with Gasteiger partial charge in [0.05, 0.1) is 10.7 Å². The van der Waals surface area contributed by atoms with Gasteiger partial charge in [0.2, 0.25) is 0 Å². The highest BCUT2D eigenvalue weighted by Gasteiger charge is 2.35. The summed E-state index contributed by atoms with van der Waals surface area (Å²) in [6, 6.07) is 4.44. The maximum absolute atomic E-state index is 13.1. The van der Waals surface area contributed by atoms with Crippen LogP contribution >= 0.6 is 11.6 Å².